The Balaban J connectivity index is 1.87. The number of rotatable bonds is 5. The first-order chi connectivity index (χ1) is 9.52. The zero-order valence-electron chi connectivity index (χ0n) is 11.3. The van der Waals surface area contributed by atoms with Crippen molar-refractivity contribution in [3.63, 3.8) is 0 Å². The van der Waals surface area contributed by atoms with Crippen LogP contribution in [0.4, 0.5) is 0 Å². The van der Waals surface area contributed by atoms with Crippen LogP contribution in [-0.2, 0) is 20.7 Å². The van der Waals surface area contributed by atoms with Gasteiger partial charge in [0.15, 0.2) is 0 Å². The highest BCUT2D eigenvalue weighted by atomic mass is 16.5. The number of methoxy groups -OCH3 is 1. The molecule has 1 aliphatic rings. The number of benzene rings is 1. The lowest BCUT2D eigenvalue weighted by Gasteiger charge is -2.36. The Labute approximate surface area is 117 Å². The summed E-state index contributed by atoms with van der Waals surface area (Å²) in [6.45, 7) is 0.697. The first kappa shape index (κ1) is 14.5. The molecule has 1 aromatic rings. The van der Waals surface area contributed by atoms with Crippen molar-refractivity contribution in [1.82, 2.24) is 5.32 Å². The molecular formula is C14H18N2O4. The molecule has 3 N–H and O–H groups in total. The summed E-state index contributed by atoms with van der Waals surface area (Å²) in [5, 5.41) is 2.34. The van der Waals surface area contributed by atoms with Gasteiger partial charge in [0.05, 0.1) is 32.3 Å². The number of ether oxygens (including phenoxy) is 2. The number of nitrogens with one attached hydrogen (secondary N) is 1. The second kappa shape index (κ2) is 6.02. The highest BCUT2D eigenvalue weighted by Crippen LogP contribution is 2.19. The van der Waals surface area contributed by atoms with Crippen LogP contribution in [0.5, 0.6) is 5.75 Å². The van der Waals surface area contributed by atoms with Gasteiger partial charge in [-0.3, -0.25) is 14.9 Å². The number of carbonyl (C=O) groups excluding carboxylic acids is 2. The molecule has 0 bridgehead atoms. The van der Waals surface area contributed by atoms with E-state index in [1.54, 1.807) is 12.1 Å². The Morgan fingerprint density at radius 3 is 2.65 bits per heavy atom. The Hall–Kier alpha value is -1.92. The zero-order chi connectivity index (χ0) is 14.6. The van der Waals surface area contributed by atoms with Crippen LogP contribution in [-0.4, -0.2) is 37.7 Å². The highest BCUT2D eigenvalue weighted by molar-refractivity contribution is 5.96. The van der Waals surface area contributed by atoms with Gasteiger partial charge >= 0.3 is 0 Å². The molecule has 0 aliphatic carbocycles. The average Bonchev–Trinajstić information content (AvgIpc) is 2.37. The minimum atomic E-state index is -0.630. The molecule has 6 nitrogen and oxygen atoms in total. The maximum Gasteiger partial charge on any atom is 0.231 e. The molecule has 0 radical (unpaired) electrons. The van der Waals surface area contributed by atoms with Crippen molar-refractivity contribution >= 4 is 11.8 Å². The van der Waals surface area contributed by atoms with Gasteiger partial charge in [-0.15, -0.1) is 0 Å². The molecule has 0 saturated carbocycles. The lowest BCUT2D eigenvalue weighted by atomic mass is 9.94. The van der Waals surface area contributed by atoms with E-state index < -0.39 is 5.54 Å². The van der Waals surface area contributed by atoms with Gasteiger partial charge in [0.2, 0.25) is 11.8 Å². The number of hydrogen-bond acceptors (Lipinski definition) is 5. The summed E-state index contributed by atoms with van der Waals surface area (Å²) in [5.41, 5.74) is 5.96. The largest absolute Gasteiger partial charge is 0.496 e. The number of nitrogens with two attached hydrogens (primary N) is 1. The molecule has 20 heavy (non-hydrogen) atoms. The SMILES string of the molecule is COc1ccccc1CC(=O)NC(=O)CC1(N)COC1. The number of para-hydroxylation sites is 1. The fraction of sp³-hybridized carbons (Fsp3) is 0.429. The summed E-state index contributed by atoms with van der Waals surface area (Å²) in [6.07, 6.45) is 0.175. The van der Waals surface area contributed by atoms with Gasteiger partial charge in [-0.2, -0.15) is 0 Å². The normalized spacial score (nSPS) is 16.1. The monoisotopic (exact) mass is 278 g/mol. The van der Waals surface area contributed by atoms with E-state index in [-0.39, 0.29) is 24.7 Å². The maximum atomic E-state index is 11.8. The zero-order valence-corrected chi connectivity index (χ0v) is 11.3. The molecule has 0 spiro atoms. The van der Waals surface area contributed by atoms with E-state index in [9.17, 15) is 9.59 Å². The smallest absolute Gasteiger partial charge is 0.231 e. The second-order valence-corrected chi connectivity index (χ2v) is 4.99. The average molecular weight is 278 g/mol. The van der Waals surface area contributed by atoms with Crippen LogP contribution >= 0.6 is 0 Å². The van der Waals surface area contributed by atoms with E-state index in [4.69, 9.17) is 15.2 Å². The van der Waals surface area contributed by atoms with Crippen molar-refractivity contribution in [2.75, 3.05) is 20.3 Å². The summed E-state index contributed by atoms with van der Waals surface area (Å²) in [4.78, 5) is 23.5. The van der Waals surface area contributed by atoms with Gasteiger partial charge in [0.25, 0.3) is 0 Å². The van der Waals surface area contributed by atoms with Crippen LogP contribution in [0.25, 0.3) is 0 Å². The quantitative estimate of drug-likeness (QED) is 0.791. The van der Waals surface area contributed by atoms with E-state index in [2.05, 4.69) is 5.32 Å². The predicted molar refractivity (Wildman–Crippen MR) is 72.2 cm³/mol. The van der Waals surface area contributed by atoms with Crippen LogP contribution < -0.4 is 15.8 Å². The van der Waals surface area contributed by atoms with Crippen LogP contribution in [0.15, 0.2) is 24.3 Å². The molecule has 1 fully saturated rings. The molecule has 1 heterocycles. The standard InChI is InChI=1S/C14H18N2O4/c1-19-11-5-3-2-4-10(11)6-12(17)16-13(18)7-14(15)8-20-9-14/h2-5H,6-9,15H2,1H3,(H,16,17,18). The third-order valence-corrected chi connectivity index (χ3v) is 3.11. The van der Waals surface area contributed by atoms with Crippen LogP contribution in [0.3, 0.4) is 0 Å². The summed E-state index contributed by atoms with van der Waals surface area (Å²) in [5.74, 6) is -0.128. The molecule has 1 saturated heterocycles. The van der Waals surface area contributed by atoms with E-state index in [1.807, 2.05) is 12.1 Å². The van der Waals surface area contributed by atoms with Gasteiger partial charge in [-0.05, 0) is 6.07 Å². The van der Waals surface area contributed by atoms with Gasteiger partial charge < -0.3 is 15.2 Å². The van der Waals surface area contributed by atoms with Crippen molar-refractivity contribution in [3.8, 4) is 5.75 Å². The van der Waals surface area contributed by atoms with Crippen LogP contribution in [0, 0.1) is 0 Å². The first-order valence-corrected chi connectivity index (χ1v) is 6.34. The Bertz CT molecular complexity index is 512. The van der Waals surface area contributed by atoms with Crippen LogP contribution in [0.1, 0.15) is 12.0 Å². The van der Waals surface area contributed by atoms with Gasteiger partial charge in [0, 0.05) is 12.0 Å². The lowest BCUT2D eigenvalue weighted by molar-refractivity contribution is -0.134. The minimum Gasteiger partial charge on any atom is -0.496 e. The Kier molecular flexibility index (Phi) is 4.36. The highest BCUT2D eigenvalue weighted by Gasteiger charge is 2.36. The third-order valence-electron chi connectivity index (χ3n) is 3.11. The number of amides is 2. The van der Waals surface area contributed by atoms with Gasteiger partial charge in [-0.1, -0.05) is 18.2 Å². The summed E-state index contributed by atoms with van der Waals surface area (Å²) in [7, 11) is 1.54. The van der Waals surface area contributed by atoms with Gasteiger partial charge in [0.1, 0.15) is 5.75 Å². The molecule has 0 atom stereocenters. The Morgan fingerprint density at radius 1 is 1.35 bits per heavy atom. The van der Waals surface area contributed by atoms with Gasteiger partial charge in [-0.25, -0.2) is 0 Å². The Morgan fingerprint density at radius 2 is 2.05 bits per heavy atom. The molecule has 2 amide bonds. The molecule has 2 rings (SSSR count). The third kappa shape index (κ3) is 3.55. The summed E-state index contributed by atoms with van der Waals surface area (Å²) in [6, 6.07) is 7.19. The molecule has 1 aliphatic heterocycles. The minimum absolute atomic E-state index is 0.0871. The van der Waals surface area contributed by atoms with E-state index in [0.29, 0.717) is 19.0 Å². The lowest BCUT2D eigenvalue weighted by Crippen LogP contribution is -2.59. The first-order valence-electron chi connectivity index (χ1n) is 6.34. The van der Waals surface area contributed by atoms with Crippen molar-refractivity contribution in [2.45, 2.75) is 18.4 Å². The molecule has 108 valence electrons. The molecule has 6 heteroatoms. The summed E-state index contributed by atoms with van der Waals surface area (Å²) >= 11 is 0. The van der Waals surface area contributed by atoms with E-state index >= 15 is 0 Å². The van der Waals surface area contributed by atoms with Crippen molar-refractivity contribution in [3.05, 3.63) is 29.8 Å². The molecular weight excluding hydrogens is 260 g/mol. The predicted octanol–water partition coefficient (Wildman–Crippen LogP) is -0.00170. The van der Waals surface area contributed by atoms with Crippen LogP contribution in [0.2, 0.25) is 0 Å². The number of hydrogen-bond donors (Lipinski definition) is 2. The second-order valence-electron chi connectivity index (χ2n) is 4.99. The fourth-order valence-corrected chi connectivity index (χ4v) is 2.05. The number of imide groups is 1. The fourth-order valence-electron chi connectivity index (χ4n) is 2.05. The number of carbonyl (C=O) groups is 2. The van der Waals surface area contributed by atoms with E-state index in [0.717, 1.165) is 5.56 Å². The molecule has 0 aromatic heterocycles. The van der Waals surface area contributed by atoms with Crippen molar-refractivity contribution < 1.29 is 19.1 Å². The van der Waals surface area contributed by atoms with Crippen molar-refractivity contribution in [1.29, 1.82) is 0 Å². The molecule has 0 unspecified atom stereocenters. The van der Waals surface area contributed by atoms with E-state index in [1.165, 1.54) is 7.11 Å². The topological polar surface area (TPSA) is 90.7 Å². The summed E-state index contributed by atoms with van der Waals surface area (Å²) < 4.78 is 10.1. The van der Waals surface area contributed by atoms with Crippen molar-refractivity contribution in [2.24, 2.45) is 5.73 Å². The molecule has 1 aromatic carbocycles. The maximum absolute atomic E-state index is 11.8.